The Morgan fingerprint density at radius 3 is 2.59 bits per heavy atom. The Bertz CT molecular complexity index is 1890. The van der Waals surface area contributed by atoms with Gasteiger partial charge in [0.05, 0.1) is 34.5 Å². The van der Waals surface area contributed by atoms with Gasteiger partial charge in [-0.2, -0.15) is 5.10 Å². The zero-order chi connectivity index (χ0) is 31.3. The Balaban J connectivity index is 1.35. The summed E-state index contributed by atoms with van der Waals surface area (Å²) in [5.41, 5.74) is 2.59. The van der Waals surface area contributed by atoms with Gasteiger partial charge in [-0.05, 0) is 42.7 Å². The Labute approximate surface area is 261 Å². The number of hydrogen-bond donors (Lipinski definition) is 2. The molecule has 0 bridgehead atoms. The molecule has 10 nitrogen and oxygen atoms in total. The predicted octanol–water partition coefficient (Wildman–Crippen LogP) is 5.22. The number of halogens is 3. The fourth-order valence-electron chi connectivity index (χ4n) is 5.85. The molecule has 2 aromatic carbocycles. The number of benzene rings is 2. The standard InChI is InChI=1S/C31H26Cl2FN5O5/c1-38-30(41)19(10-11-35-38)28(40)36-21-8-7-20(34)25(27(21)33)18-5-3-4-17(26(18)32)22-12-15-6-9-23(24(15)29(37-22)44-2)39-13-16(14-39)31(42)43/h3-5,7-8,10-12,16,23H,6,9,13-14H2,1-2H3,(H,36,40)(H,42,43). The van der Waals surface area contributed by atoms with Crippen LogP contribution < -0.4 is 15.6 Å². The molecule has 4 aromatic rings. The molecule has 44 heavy (non-hydrogen) atoms. The van der Waals surface area contributed by atoms with Gasteiger partial charge < -0.3 is 15.2 Å². The van der Waals surface area contributed by atoms with Crippen molar-refractivity contribution in [2.45, 2.75) is 18.9 Å². The number of nitrogens with zero attached hydrogens (tertiary/aromatic N) is 4. The molecular weight excluding hydrogens is 612 g/mol. The summed E-state index contributed by atoms with van der Waals surface area (Å²) in [6.45, 7) is 0.951. The van der Waals surface area contributed by atoms with E-state index < -0.39 is 23.3 Å². The molecule has 1 aliphatic heterocycles. The number of nitrogens with one attached hydrogen (secondary N) is 1. The van der Waals surface area contributed by atoms with Crippen molar-refractivity contribution in [3.05, 3.63) is 91.6 Å². The van der Waals surface area contributed by atoms with Gasteiger partial charge >= 0.3 is 5.97 Å². The van der Waals surface area contributed by atoms with Crippen molar-refractivity contribution in [1.82, 2.24) is 19.7 Å². The summed E-state index contributed by atoms with van der Waals surface area (Å²) in [7, 11) is 2.95. The molecule has 226 valence electrons. The van der Waals surface area contributed by atoms with Crippen LogP contribution in [0.15, 0.2) is 53.5 Å². The van der Waals surface area contributed by atoms with Crippen molar-refractivity contribution in [1.29, 1.82) is 0 Å². The first-order valence-corrected chi connectivity index (χ1v) is 14.5. The van der Waals surface area contributed by atoms with E-state index in [0.717, 1.165) is 34.7 Å². The third kappa shape index (κ3) is 5.10. The predicted molar refractivity (Wildman–Crippen MR) is 163 cm³/mol. The minimum Gasteiger partial charge on any atom is -0.481 e. The van der Waals surface area contributed by atoms with Crippen molar-refractivity contribution in [2.75, 3.05) is 25.5 Å². The Morgan fingerprint density at radius 1 is 1.11 bits per heavy atom. The SMILES string of the molecule is COc1nc(-c2cccc(-c3c(F)ccc(NC(=O)c4ccnn(C)c4=O)c3Cl)c2Cl)cc2c1C(N1CC(C(=O)O)C1)CC2. The van der Waals surface area contributed by atoms with E-state index in [0.29, 0.717) is 30.2 Å². The number of fused-ring (bicyclic) bond motifs is 1. The van der Waals surface area contributed by atoms with Crippen LogP contribution in [0.25, 0.3) is 22.4 Å². The molecule has 0 spiro atoms. The fourth-order valence-corrected chi connectivity index (χ4v) is 6.47. The van der Waals surface area contributed by atoms with Crippen molar-refractivity contribution in [3.63, 3.8) is 0 Å². The van der Waals surface area contributed by atoms with E-state index in [1.807, 2.05) is 6.07 Å². The molecule has 1 atom stereocenters. The zero-order valence-electron chi connectivity index (χ0n) is 23.6. The molecule has 1 aliphatic carbocycles. The highest BCUT2D eigenvalue weighted by Crippen LogP contribution is 2.47. The normalized spacial score (nSPS) is 16.3. The van der Waals surface area contributed by atoms with Gasteiger partial charge in [0, 0.05) is 54.6 Å². The number of aromatic nitrogens is 3. The summed E-state index contributed by atoms with van der Waals surface area (Å²) in [6, 6.07) is 10.8. The van der Waals surface area contributed by atoms with E-state index in [4.69, 9.17) is 32.9 Å². The molecule has 0 radical (unpaired) electrons. The lowest BCUT2D eigenvalue weighted by molar-refractivity contribution is -0.148. The summed E-state index contributed by atoms with van der Waals surface area (Å²) in [6.07, 6.45) is 2.88. The first-order valence-electron chi connectivity index (χ1n) is 13.7. The van der Waals surface area contributed by atoms with Crippen molar-refractivity contribution < 1.29 is 23.8 Å². The molecule has 2 N–H and O–H groups in total. The van der Waals surface area contributed by atoms with Gasteiger partial charge in [0.25, 0.3) is 11.5 Å². The van der Waals surface area contributed by atoms with Gasteiger partial charge in [0.1, 0.15) is 11.4 Å². The van der Waals surface area contributed by atoms with Crippen molar-refractivity contribution in [2.24, 2.45) is 13.0 Å². The smallest absolute Gasteiger partial charge is 0.309 e. The number of carbonyl (C=O) groups excluding carboxylic acids is 1. The average molecular weight is 638 g/mol. The van der Waals surface area contributed by atoms with Gasteiger partial charge in [-0.1, -0.05) is 41.4 Å². The van der Waals surface area contributed by atoms with E-state index in [9.17, 15) is 19.5 Å². The number of pyridine rings is 1. The van der Waals surface area contributed by atoms with Gasteiger partial charge in [-0.15, -0.1) is 0 Å². The molecule has 2 aliphatic rings. The number of carboxylic acid groups (broad SMARTS) is 1. The number of likely N-dealkylation sites (tertiary alicyclic amines) is 1. The Morgan fingerprint density at radius 2 is 1.86 bits per heavy atom. The van der Waals surface area contributed by atoms with Crippen LogP contribution in [0.3, 0.4) is 0 Å². The third-order valence-electron chi connectivity index (χ3n) is 8.16. The summed E-state index contributed by atoms with van der Waals surface area (Å²) < 4.78 is 22.1. The number of carboxylic acids is 1. The van der Waals surface area contributed by atoms with Crippen LogP contribution in [0.5, 0.6) is 5.88 Å². The largest absolute Gasteiger partial charge is 0.481 e. The molecule has 1 fully saturated rings. The fraction of sp³-hybridized carbons (Fsp3) is 0.258. The summed E-state index contributed by atoms with van der Waals surface area (Å²) in [5, 5.41) is 15.8. The highest BCUT2D eigenvalue weighted by atomic mass is 35.5. The minimum absolute atomic E-state index is 0.0112. The molecule has 1 amide bonds. The first-order chi connectivity index (χ1) is 21.1. The number of rotatable bonds is 7. The lowest BCUT2D eigenvalue weighted by Gasteiger charge is -2.41. The second-order valence-electron chi connectivity index (χ2n) is 10.7. The maximum atomic E-state index is 15.3. The summed E-state index contributed by atoms with van der Waals surface area (Å²) >= 11 is 13.6. The monoisotopic (exact) mass is 637 g/mol. The summed E-state index contributed by atoms with van der Waals surface area (Å²) in [4.78, 5) is 43.5. The van der Waals surface area contributed by atoms with Crippen LogP contribution >= 0.6 is 23.2 Å². The van der Waals surface area contributed by atoms with E-state index in [-0.39, 0.29) is 44.4 Å². The lowest BCUT2D eigenvalue weighted by Crippen LogP contribution is -2.51. The number of anilines is 1. The van der Waals surface area contributed by atoms with Crippen molar-refractivity contribution >= 4 is 40.8 Å². The number of aryl methyl sites for hydroxylation is 2. The van der Waals surface area contributed by atoms with Gasteiger partial charge in [-0.25, -0.2) is 14.1 Å². The molecule has 2 aromatic heterocycles. The highest BCUT2D eigenvalue weighted by molar-refractivity contribution is 6.39. The van der Waals surface area contributed by atoms with Gasteiger partial charge in [0.15, 0.2) is 0 Å². The second-order valence-corrected chi connectivity index (χ2v) is 11.5. The maximum Gasteiger partial charge on any atom is 0.309 e. The topological polar surface area (TPSA) is 127 Å². The Hall–Kier alpha value is -4.32. The number of hydrogen-bond acceptors (Lipinski definition) is 7. The second kappa shape index (κ2) is 11.6. The van der Waals surface area contributed by atoms with Gasteiger partial charge in [-0.3, -0.25) is 19.3 Å². The molecule has 3 heterocycles. The van der Waals surface area contributed by atoms with E-state index >= 15 is 4.39 Å². The molecule has 1 unspecified atom stereocenters. The van der Waals surface area contributed by atoms with E-state index in [1.54, 1.807) is 18.2 Å². The van der Waals surface area contributed by atoms with E-state index in [1.165, 1.54) is 32.5 Å². The van der Waals surface area contributed by atoms with Crippen LogP contribution in [-0.2, 0) is 18.3 Å². The van der Waals surface area contributed by atoms with Crippen LogP contribution in [0.2, 0.25) is 10.0 Å². The molecule has 13 heteroatoms. The zero-order valence-corrected chi connectivity index (χ0v) is 25.1. The van der Waals surface area contributed by atoms with Crippen LogP contribution in [0.4, 0.5) is 10.1 Å². The number of methoxy groups -OCH3 is 1. The quantitative estimate of drug-likeness (QED) is 0.282. The van der Waals surface area contributed by atoms with E-state index in [2.05, 4.69) is 15.3 Å². The molecule has 1 saturated heterocycles. The highest BCUT2D eigenvalue weighted by Gasteiger charge is 2.41. The molecule has 6 rings (SSSR count). The first kappa shape index (κ1) is 29.7. The maximum absolute atomic E-state index is 15.3. The lowest BCUT2D eigenvalue weighted by atomic mass is 9.95. The third-order valence-corrected chi connectivity index (χ3v) is 8.96. The van der Waals surface area contributed by atoms with Crippen LogP contribution in [-0.4, -0.2) is 56.8 Å². The van der Waals surface area contributed by atoms with Crippen LogP contribution in [0.1, 0.15) is 33.9 Å². The number of carbonyl (C=O) groups is 2. The number of amides is 1. The summed E-state index contributed by atoms with van der Waals surface area (Å²) in [5.74, 6) is -2.13. The van der Waals surface area contributed by atoms with Gasteiger partial charge in [0.2, 0.25) is 5.88 Å². The number of ether oxygens (including phenoxy) is 1. The van der Waals surface area contributed by atoms with Crippen molar-refractivity contribution in [3.8, 4) is 28.3 Å². The minimum atomic E-state index is -0.793. The Kier molecular flexibility index (Phi) is 7.87. The van der Waals surface area contributed by atoms with Crippen LogP contribution in [0, 0.1) is 11.7 Å². The molecular formula is C31H26Cl2FN5O5. The average Bonchev–Trinajstić information content (AvgIpc) is 3.39. The molecule has 0 saturated carbocycles. The number of aliphatic carboxylic acids is 1.